The van der Waals surface area contributed by atoms with Gasteiger partial charge >= 0.3 is 0 Å². The second-order valence-corrected chi connectivity index (χ2v) is 10.6. The first kappa shape index (κ1) is 20.3. The van der Waals surface area contributed by atoms with Crippen LogP contribution in [-0.2, 0) is 14.8 Å². The van der Waals surface area contributed by atoms with Gasteiger partial charge in [-0.05, 0) is 31.7 Å². The number of carbonyl (C=O) groups is 2. The predicted octanol–water partition coefficient (Wildman–Crippen LogP) is 1.91. The molecule has 150 valence electrons. The molecule has 1 aromatic heterocycles. The van der Waals surface area contributed by atoms with Crippen molar-refractivity contribution in [3.63, 3.8) is 0 Å². The first-order valence-corrected chi connectivity index (χ1v) is 11.7. The SMILES string of the molecule is CN(C)C(=O)c1csc(S(=O)(=O)N2CCC(C(=O)NC3CCCC3)CC2)c1. The van der Waals surface area contributed by atoms with Crippen molar-refractivity contribution in [3.05, 3.63) is 17.0 Å². The number of nitrogens with one attached hydrogen (secondary N) is 1. The molecule has 1 aromatic rings. The van der Waals surface area contributed by atoms with Crippen LogP contribution in [0.1, 0.15) is 48.9 Å². The summed E-state index contributed by atoms with van der Waals surface area (Å²) in [4.78, 5) is 25.8. The molecule has 1 aliphatic carbocycles. The van der Waals surface area contributed by atoms with Crippen LogP contribution in [0.5, 0.6) is 0 Å². The third-order valence-corrected chi connectivity index (χ3v) is 8.66. The average molecular weight is 414 g/mol. The maximum atomic E-state index is 12.9. The predicted molar refractivity (Wildman–Crippen MR) is 104 cm³/mol. The lowest BCUT2D eigenvalue weighted by molar-refractivity contribution is -0.126. The Labute approximate surface area is 164 Å². The molecular weight excluding hydrogens is 386 g/mol. The van der Waals surface area contributed by atoms with Crippen molar-refractivity contribution >= 4 is 33.2 Å². The van der Waals surface area contributed by atoms with Crippen molar-refractivity contribution in [2.24, 2.45) is 5.92 Å². The second-order valence-electron chi connectivity index (χ2n) is 7.52. The van der Waals surface area contributed by atoms with E-state index in [1.807, 2.05) is 0 Å². The molecule has 7 nitrogen and oxygen atoms in total. The minimum atomic E-state index is -3.62. The van der Waals surface area contributed by atoms with Gasteiger partial charge in [0.05, 0.1) is 5.56 Å². The van der Waals surface area contributed by atoms with Crippen LogP contribution in [0.4, 0.5) is 0 Å². The summed E-state index contributed by atoms with van der Waals surface area (Å²) in [5.74, 6) is -0.268. The van der Waals surface area contributed by atoms with Crippen LogP contribution < -0.4 is 5.32 Å². The Morgan fingerprint density at radius 2 is 1.78 bits per heavy atom. The molecule has 0 radical (unpaired) electrons. The van der Waals surface area contributed by atoms with Gasteiger partial charge in [0.1, 0.15) is 4.21 Å². The summed E-state index contributed by atoms with van der Waals surface area (Å²) >= 11 is 1.07. The summed E-state index contributed by atoms with van der Waals surface area (Å²) < 4.78 is 27.3. The van der Waals surface area contributed by atoms with E-state index < -0.39 is 10.0 Å². The number of carbonyl (C=O) groups excluding carboxylic acids is 2. The van der Waals surface area contributed by atoms with Gasteiger partial charge in [-0.3, -0.25) is 9.59 Å². The fourth-order valence-electron chi connectivity index (χ4n) is 3.70. The largest absolute Gasteiger partial charge is 0.353 e. The van der Waals surface area contributed by atoms with Crippen molar-refractivity contribution in [2.45, 2.75) is 48.8 Å². The highest BCUT2D eigenvalue weighted by atomic mass is 32.2. The van der Waals surface area contributed by atoms with Crippen LogP contribution in [0.25, 0.3) is 0 Å². The third-order valence-electron chi connectivity index (χ3n) is 5.35. The molecule has 1 saturated carbocycles. The van der Waals surface area contributed by atoms with Crippen LogP contribution in [0.15, 0.2) is 15.7 Å². The second kappa shape index (κ2) is 8.28. The molecule has 2 fully saturated rings. The van der Waals surface area contributed by atoms with E-state index in [2.05, 4.69) is 5.32 Å². The molecular formula is C18H27N3O4S2. The Hall–Kier alpha value is -1.45. The quantitative estimate of drug-likeness (QED) is 0.799. The number of rotatable bonds is 5. The summed E-state index contributed by atoms with van der Waals surface area (Å²) in [5.41, 5.74) is 0.384. The molecule has 27 heavy (non-hydrogen) atoms. The van der Waals surface area contributed by atoms with Gasteiger partial charge in [0.15, 0.2) is 0 Å². The maximum absolute atomic E-state index is 12.9. The van der Waals surface area contributed by atoms with E-state index in [-0.39, 0.29) is 28.0 Å². The van der Waals surface area contributed by atoms with Crippen molar-refractivity contribution in [3.8, 4) is 0 Å². The van der Waals surface area contributed by atoms with Crippen LogP contribution in [0, 0.1) is 5.92 Å². The summed E-state index contributed by atoms with van der Waals surface area (Å²) in [6.45, 7) is 0.667. The number of hydrogen-bond acceptors (Lipinski definition) is 5. The number of amides is 2. The Morgan fingerprint density at radius 1 is 1.15 bits per heavy atom. The lowest BCUT2D eigenvalue weighted by atomic mass is 9.97. The van der Waals surface area contributed by atoms with Crippen molar-refractivity contribution in [1.82, 2.24) is 14.5 Å². The number of piperidine rings is 1. The number of thiophene rings is 1. The Balaban J connectivity index is 1.59. The van der Waals surface area contributed by atoms with Gasteiger partial charge in [0.25, 0.3) is 15.9 Å². The molecule has 1 saturated heterocycles. The van der Waals surface area contributed by atoms with Crippen molar-refractivity contribution in [1.29, 1.82) is 0 Å². The monoisotopic (exact) mass is 413 g/mol. The summed E-state index contributed by atoms with van der Waals surface area (Å²) in [6.07, 6.45) is 5.50. The minimum absolute atomic E-state index is 0.0638. The van der Waals surface area contributed by atoms with Gasteiger partial charge in [-0.1, -0.05) is 12.8 Å². The highest BCUT2D eigenvalue weighted by Gasteiger charge is 2.34. The third kappa shape index (κ3) is 4.52. The molecule has 2 aliphatic rings. The number of sulfonamides is 1. The Kier molecular flexibility index (Phi) is 6.22. The molecule has 0 aromatic carbocycles. The van der Waals surface area contributed by atoms with Gasteiger partial charge in [-0.2, -0.15) is 4.31 Å². The number of nitrogens with zero attached hydrogens (tertiary/aromatic N) is 2. The van der Waals surface area contributed by atoms with E-state index in [9.17, 15) is 18.0 Å². The van der Waals surface area contributed by atoms with E-state index in [4.69, 9.17) is 0 Å². The Bertz CT molecular complexity index is 789. The van der Waals surface area contributed by atoms with Crippen LogP contribution in [0.2, 0.25) is 0 Å². The normalized spacial score (nSPS) is 19.9. The molecule has 0 unspecified atom stereocenters. The molecule has 0 spiro atoms. The molecule has 1 N–H and O–H groups in total. The molecule has 3 rings (SSSR count). The zero-order valence-corrected chi connectivity index (χ0v) is 17.4. The van der Waals surface area contributed by atoms with Crippen molar-refractivity contribution in [2.75, 3.05) is 27.2 Å². The van der Waals surface area contributed by atoms with E-state index >= 15 is 0 Å². The van der Waals surface area contributed by atoms with E-state index in [1.54, 1.807) is 19.5 Å². The first-order valence-electron chi connectivity index (χ1n) is 9.39. The van der Waals surface area contributed by atoms with Gasteiger partial charge in [0, 0.05) is 44.5 Å². The van der Waals surface area contributed by atoms with E-state index in [0.717, 1.165) is 24.2 Å². The molecule has 0 atom stereocenters. The molecule has 9 heteroatoms. The summed E-state index contributed by atoms with van der Waals surface area (Å²) in [5, 5.41) is 4.69. The van der Waals surface area contributed by atoms with Crippen molar-refractivity contribution < 1.29 is 18.0 Å². The zero-order valence-electron chi connectivity index (χ0n) is 15.8. The topological polar surface area (TPSA) is 86.8 Å². The average Bonchev–Trinajstić information content (AvgIpc) is 3.33. The van der Waals surface area contributed by atoms with Gasteiger partial charge in [0.2, 0.25) is 5.91 Å². The highest BCUT2D eigenvalue weighted by Crippen LogP contribution is 2.29. The highest BCUT2D eigenvalue weighted by molar-refractivity contribution is 7.91. The fraction of sp³-hybridized carbons (Fsp3) is 0.667. The molecule has 2 heterocycles. The standard InChI is InChI=1S/C18H27N3O4S2/c1-20(2)18(23)14-11-16(26-12-14)27(24,25)21-9-7-13(8-10-21)17(22)19-15-5-3-4-6-15/h11-13,15H,3-10H2,1-2H3,(H,19,22). The zero-order chi connectivity index (χ0) is 19.6. The molecule has 0 bridgehead atoms. The van der Waals surface area contributed by atoms with Crippen LogP contribution in [0.3, 0.4) is 0 Å². The lowest BCUT2D eigenvalue weighted by Crippen LogP contribution is -2.44. The maximum Gasteiger partial charge on any atom is 0.254 e. The molecule has 1 aliphatic heterocycles. The van der Waals surface area contributed by atoms with Gasteiger partial charge < -0.3 is 10.2 Å². The molecule has 2 amide bonds. The van der Waals surface area contributed by atoms with Crippen LogP contribution >= 0.6 is 11.3 Å². The summed E-state index contributed by atoms with van der Waals surface area (Å²) in [7, 11) is -0.354. The Morgan fingerprint density at radius 3 is 2.37 bits per heavy atom. The smallest absolute Gasteiger partial charge is 0.254 e. The number of hydrogen-bond donors (Lipinski definition) is 1. The first-order chi connectivity index (χ1) is 12.8. The minimum Gasteiger partial charge on any atom is -0.353 e. The van der Waals surface area contributed by atoms with E-state index in [0.29, 0.717) is 31.5 Å². The van der Waals surface area contributed by atoms with Gasteiger partial charge in [-0.25, -0.2) is 8.42 Å². The van der Waals surface area contributed by atoms with E-state index in [1.165, 1.54) is 28.1 Å². The summed E-state index contributed by atoms with van der Waals surface area (Å²) in [6, 6.07) is 1.74. The van der Waals surface area contributed by atoms with Crippen LogP contribution in [-0.4, -0.2) is 62.7 Å². The van der Waals surface area contributed by atoms with Gasteiger partial charge in [-0.15, -0.1) is 11.3 Å². The fourth-order valence-corrected chi connectivity index (χ4v) is 6.47. The lowest BCUT2D eigenvalue weighted by Gasteiger charge is -2.30.